The van der Waals surface area contributed by atoms with Crippen molar-refractivity contribution in [2.24, 2.45) is 5.10 Å². The third-order valence-corrected chi connectivity index (χ3v) is 6.06. The van der Waals surface area contributed by atoms with Gasteiger partial charge in [-0.15, -0.1) is 0 Å². The Hall–Kier alpha value is -3.85. The summed E-state index contributed by atoms with van der Waals surface area (Å²) in [5.41, 5.74) is 1.49. The van der Waals surface area contributed by atoms with Gasteiger partial charge in [-0.1, -0.05) is 35.8 Å². The molecule has 0 unspecified atom stereocenters. The largest absolute Gasteiger partial charge is 0.484 e. The summed E-state index contributed by atoms with van der Waals surface area (Å²) in [6.45, 7) is 3.82. The van der Waals surface area contributed by atoms with Crippen LogP contribution in [0.2, 0.25) is 0 Å². The predicted octanol–water partition coefficient (Wildman–Crippen LogP) is 5.71. The first-order chi connectivity index (χ1) is 17.3. The summed E-state index contributed by atoms with van der Waals surface area (Å²) in [5, 5.41) is 7.51. The normalized spacial score (nSPS) is 12.1. The minimum atomic E-state index is -0.433. The third-order valence-electron chi connectivity index (χ3n) is 5.57. The number of nitrogens with zero attached hydrogens (tertiary/aromatic N) is 3. The molecule has 1 heterocycles. The first-order valence-corrected chi connectivity index (χ1v) is 12.2. The lowest BCUT2D eigenvalue weighted by Crippen LogP contribution is -2.23. The third kappa shape index (κ3) is 6.04. The van der Waals surface area contributed by atoms with Gasteiger partial charge in [-0.05, 0) is 72.6 Å². The molecule has 7 nitrogen and oxygen atoms in total. The SMILES string of the molecule is CC[C@@H](C)c1nc2ccc(Br)cc2c(=O)n1N=Cc1ccc(OCC(=O)Nc2cccc(F)c2)cc1. The van der Waals surface area contributed by atoms with Crippen LogP contribution in [0, 0.1) is 5.82 Å². The van der Waals surface area contributed by atoms with Crippen LogP contribution in [0.5, 0.6) is 5.75 Å². The first kappa shape index (κ1) is 25.2. The second-order valence-corrected chi connectivity index (χ2v) is 9.13. The van der Waals surface area contributed by atoms with Gasteiger partial charge in [0.05, 0.1) is 17.1 Å². The number of nitrogens with one attached hydrogen (secondary N) is 1. The number of halogens is 2. The van der Waals surface area contributed by atoms with Gasteiger partial charge in [0.15, 0.2) is 6.61 Å². The summed E-state index contributed by atoms with van der Waals surface area (Å²) >= 11 is 3.41. The lowest BCUT2D eigenvalue weighted by atomic mass is 10.1. The Balaban J connectivity index is 1.48. The van der Waals surface area contributed by atoms with Crippen LogP contribution in [0.3, 0.4) is 0 Å². The number of hydrogen-bond acceptors (Lipinski definition) is 5. The van der Waals surface area contributed by atoms with E-state index in [0.717, 1.165) is 16.5 Å². The number of carbonyl (C=O) groups is 1. The minimum Gasteiger partial charge on any atom is -0.484 e. The monoisotopic (exact) mass is 550 g/mol. The molecule has 3 aromatic carbocycles. The zero-order valence-corrected chi connectivity index (χ0v) is 21.3. The highest BCUT2D eigenvalue weighted by molar-refractivity contribution is 9.10. The van der Waals surface area contributed by atoms with Crippen LogP contribution in [-0.4, -0.2) is 28.4 Å². The van der Waals surface area contributed by atoms with E-state index in [2.05, 4.69) is 26.3 Å². The molecule has 0 aliphatic rings. The molecule has 0 saturated carbocycles. The Morgan fingerprint density at radius 2 is 1.97 bits per heavy atom. The summed E-state index contributed by atoms with van der Waals surface area (Å²) < 4.78 is 20.9. The van der Waals surface area contributed by atoms with Gasteiger partial charge in [0, 0.05) is 16.1 Å². The smallest absolute Gasteiger partial charge is 0.282 e. The molecule has 0 fully saturated rings. The van der Waals surface area contributed by atoms with Crippen LogP contribution in [-0.2, 0) is 4.79 Å². The standard InChI is InChI=1S/C27H24BrFN4O3/c1-3-17(2)26-32-24-12-9-19(28)13-23(24)27(35)33(26)30-15-18-7-10-22(11-8-18)36-16-25(34)31-21-6-4-5-20(29)14-21/h4-15,17H,3,16H2,1-2H3,(H,31,34)/t17-/m1/s1. The Labute approximate surface area is 215 Å². The lowest BCUT2D eigenvalue weighted by molar-refractivity contribution is -0.118. The van der Waals surface area contributed by atoms with Crippen LogP contribution in [0.15, 0.2) is 81.1 Å². The Kier molecular flexibility index (Phi) is 7.90. The highest BCUT2D eigenvalue weighted by Crippen LogP contribution is 2.21. The average Bonchev–Trinajstić information content (AvgIpc) is 2.87. The quantitative estimate of drug-likeness (QED) is 0.284. The van der Waals surface area contributed by atoms with Crippen molar-refractivity contribution in [3.05, 3.63) is 98.8 Å². The number of carbonyl (C=O) groups excluding carboxylic acids is 1. The molecular formula is C27H24BrFN4O3. The maximum Gasteiger partial charge on any atom is 0.282 e. The molecule has 1 aromatic heterocycles. The van der Waals surface area contributed by atoms with E-state index in [4.69, 9.17) is 9.72 Å². The molecule has 1 atom stereocenters. The van der Waals surface area contributed by atoms with Crippen LogP contribution >= 0.6 is 15.9 Å². The maximum absolute atomic E-state index is 13.2. The number of fused-ring (bicyclic) bond motifs is 1. The summed E-state index contributed by atoms with van der Waals surface area (Å²) in [5.74, 6) is 0.279. The number of anilines is 1. The Morgan fingerprint density at radius 1 is 1.19 bits per heavy atom. The van der Waals surface area contributed by atoms with E-state index in [-0.39, 0.29) is 18.1 Å². The van der Waals surface area contributed by atoms with Crippen molar-refractivity contribution in [1.29, 1.82) is 0 Å². The van der Waals surface area contributed by atoms with Crippen molar-refractivity contribution < 1.29 is 13.9 Å². The van der Waals surface area contributed by atoms with Gasteiger partial charge >= 0.3 is 0 Å². The molecule has 4 aromatic rings. The fourth-order valence-corrected chi connectivity index (χ4v) is 3.83. The van der Waals surface area contributed by atoms with Crippen LogP contribution in [0.25, 0.3) is 10.9 Å². The molecule has 9 heteroatoms. The lowest BCUT2D eigenvalue weighted by Gasteiger charge is -2.14. The summed E-state index contributed by atoms with van der Waals surface area (Å²) in [6, 6.07) is 18.0. The number of amides is 1. The van der Waals surface area contributed by atoms with Crippen LogP contribution < -0.4 is 15.6 Å². The minimum absolute atomic E-state index is 0.0391. The number of aromatic nitrogens is 2. The van der Waals surface area contributed by atoms with Gasteiger partial charge in [-0.25, -0.2) is 9.37 Å². The molecule has 0 spiro atoms. The van der Waals surface area contributed by atoms with Crippen molar-refractivity contribution in [3.63, 3.8) is 0 Å². The average molecular weight is 551 g/mol. The number of benzene rings is 3. The molecule has 0 bridgehead atoms. The van der Waals surface area contributed by atoms with E-state index in [1.165, 1.54) is 22.9 Å². The van der Waals surface area contributed by atoms with Gasteiger partial charge in [0.1, 0.15) is 17.4 Å². The molecular weight excluding hydrogens is 527 g/mol. The van der Waals surface area contributed by atoms with E-state index in [1.807, 2.05) is 26.0 Å². The number of ether oxygens (including phenoxy) is 1. The van der Waals surface area contributed by atoms with Crippen molar-refractivity contribution in [2.45, 2.75) is 26.2 Å². The van der Waals surface area contributed by atoms with E-state index in [9.17, 15) is 14.0 Å². The molecule has 0 aliphatic carbocycles. The van der Waals surface area contributed by atoms with Crippen LogP contribution in [0.4, 0.5) is 10.1 Å². The van der Waals surface area contributed by atoms with Crippen molar-refractivity contribution in [1.82, 2.24) is 9.66 Å². The van der Waals surface area contributed by atoms with E-state index in [0.29, 0.717) is 28.2 Å². The zero-order valence-electron chi connectivity index (χ0n) is 19.7. The summed E-state index contributed by atoms with van der Waals surface area (Å²) in [7, 11) is 0. The van der Waals surface area contributed by atoms with Gasteiger partial charge < -0.3 is 10.1 Å². The highest BCUT2D eigenvalue weighted by Gasteiger charge is 2.15. The van der Waals surface area contributed by atoms with Crippen molar-refractivity contribution in [2.75, 3.05) is 11.9 Å². The zero-order chi connectivity index (χ0) is 25.7. The molecule has 4 rings (SSSR count). The van der Waals surface area contributed by atoms with Crippen molar-refractivity contribution in [3.8, 4) is 5.75 Å². The van der Waals surface area contributed by atoms with Gasteiger partial charge in [0.25, 0.3) is 11.5 Å². The molecule has 1 amide bonds. The summed E-state index contributed by atoms with van der Waals surface area (Å²) in [4.78, 5) is 30.0. The Bertz CT molecular complexity index is 1490. The topological polar surface area (TPSA) is 85.6 Å². The molecule has 36 heavy (non-hydrogen) atoms. The van der Waals surface area contributed by atoms with Crippen molar-refractivity contribution >= 4 is 44.6 Å². The summed E-state index contributed by atoms with van der Waals surface area (Å²) in [6.07, 6.45) is 2.39. The highest BCUT2D eigenvalue weighted by atomic mass is 79.9. The maximum atomic E-state index is 13.2. The van der Waals surface area contributed by atoms with Gasteiger partial charge in [0.2, 0.25) is 0 Å². The second-order valence-electron chi connectivity index (χ2n) is 8.22. The van der Waals surface area contributed by atoms with Crippen LogP contribution in [0.1, 0.15) is 37.6 Å². The number of rotatable bonds is 8. The Morgan fingerprint density at radius 3 is 2.69 bits per heavy atom. The van der Waals surface area contributed by atoms with E-state index < -0.39 is 11.7 Å². The molecule has 0 saturated heterocycles. The second kappa shape index (κ2) is 11.3. The fraction of sp³-hybridized carbons (Fsp3) is 0.185. The molecule has 0 aliphatic heterocycles. The molecule has 1 N–H and O–H groups in total. The van der Waals surface area contributed by atoms with E-state index >= 15 is 0 Å². The fourth-order valence-electron chi connectivity index (χ4n) is 3.47. The van der Waals surface area contributed by atoms with Gasteiger partial charge in [-0.2, -0.15) is 9.78 Å². The predicted molar refractivity (Wildman–Crippen MR) is 142 cm³/mol. The molecule has 184 valence electrons. The van der Waals surface area contributed by atoms with E-state index in [1.54, 1.807) is 42.6 Å². The van der Waals surface area contributed by atoms with Gasteiger partial charge in [-0.3, -0.25) is 9.59 Å². The molecule has 0 radical (unpaired) electrons. The first-order valence-electron chi connectivity index (χ1n) is 11.4. The number of hydrogen-bond donors (Lipinski definition) is 1.